The van der Waals surface area contributed by atoms with Gasteiger partial charge in [0.1, 0.15) is 46.7 Å². The van der Waals surface area contributed by atoms with Crippen LogP contribution in [0.1, 0.15) is 63.8 Å². The molecule has 3 aromatic carbocycles. The van der Waals surface area contributed by atoms with Crippen LogP contribution in [0, 0.1) is 13.8 Å². The third-order valence-corrected chi connectivity index (χ3v) is 21.7. The second-order valence-electron chi connectivity index (χ2n) is 21.2. The Labute approximate surface area is 450 Å². The first-order valence-corrected chi connectivity index (χ1v) is 34.2. The number of thiophene rings is 1. The lowest BCUT2D eigenvalue weighted by Crippen LogP contribution is -2.43. The number of halogens is 3. The molecule has 0 amide bonds. The smallest absolute Gasteiger partial charge is 0.348 e. The molecule has 5 rings (SSSR count). The maximum atomic E-state index is 14.4. The van der Waals surface area contributed by atoms with Crippen molar-refractivity contribution >= 4 is 93.2 Å². The molecule has 0 aliphatic carbocycles. The Balaban J connectivity index is 1.56. The highest BCUT2D eigenvalue weighted by Crippen LogP contribution is 2.52. The summed E-state index contributed by atoms with van der Waals surface area (Å²) in [5, 5.41) is 0.736. The summed E-state index contributed by atoms with van der Waals surface area (Å²) in [5.41, 5.74) is 2.74. The van der Waals surface area contributed by atoms with Gasteiger partial charge in [0.15, 0.2) is 12.5 Å². The highest BCUT2D eigenvalue weighted by molar-refractivity contribution is 9.11. The van der Waals surface area contributed by atoms with E-state index in [1.165, 1.54) is 17.7 Å². The van der Waals surface area contributed by atoms with E-state index in [1.807, 2.05) is 32.0 Å². The van der Waals surface area contributed by atoms with E-state index >= 15 is 0 Å². The maximum Gasteiger partial charge on any atom is 0.348 e. The topological polar surface area (TPSA) is 151 Å². The number of hydrogen-bond donors (Lipinski definition) is 0. The Bertz CT molecular complexity index is 2770. The molecule has 0 unspecified atom stereocenters. The van der Waals surface area contributed by atoms with E-state index in [0.29, 0.717) is 65.5 Å². The van der Waals surface area contributed by atoms with Crippen LogP contribution in [0.5, 0.6) is 23.1 Å². The number of esters is 1. The quantitative estimate of drug-likeness (QED) is 0.0136. The lowest BCUT2D eigenvalue weighted by molar-refractivity contribution is -0.163. The third kappa shape index (κ3) is 16.5. The standard InChI is InChI=1S/C52H69BrCl2N2O11S2Si2/c1-15-23-61-28-38(29-64-70(59,60)30-35-19-17-16-18-20-35)65-46-44(54)33(2)41(34(3)45(46)55)42-43-48(56-31-57-49(43)69-47(42)53)66-40(50(58)67-51(4,5)6)27-36-26-37(68-72(13,14)52(7,8)9)21-22-39(36)63-32-62-24-25-71(10,11)12/h15-22,26,31,38,40H,1,23-25,27-30,32H2,2-14H3/t38-,40-/m1/s1. The zero-order chi connectivity index (χ0) is 53.4. The van der Waals surface area contributed by atoms with Gasteiger partial charge in [-0.25, -0.2) is 14.8 Å². The van der Waals surface area contributed by atoms with Crippen LogP contribution in [-0.4, -0.2) is 91.8 Å². The van der Waals surface area contributed by atoms with E-state index in [1.54, 1.807) is 57.2 Å². The zero-order valence-electron chi connectivity index (χ0n) is 43.6. The molecule has 0 radical (unpaired) electrons. The molecule has 0 aliphatic heterocycles. The largest absolute Gasteiger partial charge is 0.543 e. The second-order valence-corrected chi connectivity index (χ2v) is 36.2. The van der Waals surface area contributed by atoms with E-state index in [9.17, 15) is 13.2 Å². The Morgan fingerprint density at radius 1 is 0.903 bits per heavy atom. The van der Waals surface area contributed by atoms with Crippen molar-refractivity contribution in [1.82, 2.24) is 9.97 Å². The van der Waals surface area contributed by atoms with Crippen LogP contribution in [0.2, 0.25) is 53.9 Å². The van der Waals surface area contributed by atoms with Crippen LogP contribution in [-0.2, 0) is 45.5 Å². The zero-order valence-corrected chi connectivity index (χ0v) is 50.4. The van der Waals surface area contributed by atoms with E-state index in [-0.39, 0.29) is 65.5 Å². The average Bonchev–Trinajstić information content (AvgIpc) is 3.61. The fraction of sp³-hybridized carbons (Fsp3) is 0.481. The third-order valence-electron chi connectivity index (χ3n) is 11.7. The average molecular weight is 1170 g/mol. The van der Waals surface area contributed by atoms with Crippen molar-refractivity contribution in [3.05, 3.63) is 104 Å². The van der Waals surface area contributed by atoms with Gasteiger partial charge in [-0.15, -0.1) is 17.9 Å². The molecule has 72 heavy (non-hydrogen) atoms. The number of hydrogen-bond acceptors (Lipinski definition) is 14. The molecule has 0 fully saturated rings. The SMILES string of the molecule is C=CCOC[C@H](COS(=O)(=O)Cc1ccccc1)Oc1c(Cl)c(C)c(-c2c(Br)sc3ncnc(O[C@H](Cc4cc(O[Si](C)(C)C(C)(C)C)ccc4OCOCC[Si](C)(C)C)C(=O)OC(C)(C)C)c23)c(C)c1Cl. The van der Waals surface area contributed by atoms with Gasteiger partial charge in [-0.2, -0.15) is 8.42 Å². The lowest BCUT2D eigenvalue weighted by atomic mass is 9.95. The van der Waals surface area contributed by atoms with Gasteiger partial charge >= 0.3 is 5.97 Å². The number of ether oxygens (including phenoxy) is 6. The normalized spacial score (nSPS) is 13.4. The maximum absolute atomic E-state index is 14.4. The molecule has 5 aromatic rings. The molecule has 2 atom stereocenters. The Kier molecular flexibility index (Phi) is 20.5. The van der Waals surface area contributed by atoms with Crippen molar-refractivity contribution in [1.29, 1.82) is 0 Å². The number of carbonyl (C=O) groups excluding carboxylic acids is 1. The summed E-state index contributed by atoms with van der Waals surface area (Å²) in [7, 11) is -7.65. The first-order valence-electron chi connectivity index (χ1n) is 23.6. The molecular formula is C52H69BrCl2N2O11S2Si2. The second kappa shape index (κ2) is 24.9. The Hall–Kier alpha value is -3.57. The number of rotatable bonds is 25. The summed E-state index contributed by atoms with van der Waals surface area (Å²) in [4.78, 5) is 24.2. The van der Waals surface area contributed by atoms with Gasteiger partial charge in [0.25, 0.3) is 10.1 Å². The molecular weight excluding hydrogens is 1100 g/mol. The van der Waals surface area contributed by atoms with E-state index in [0.717, 1.165) is 6.04 Å². The highest BCUT2D eigenvalue weighted by atomic mass is 79.9. The van der Waals surface area contributed by atoms with Crippen LogP contribution in [0.25, 0.3) is 21.3 Å². The van der Waals surface area contributed by atoms with Crippen molar-refractivity contribution in [3.8, 4) is 34.3 Å². The number of fused-ring (bicyclic) bond motifs is 1. The molecule has 0 saturated heterocycles. The fourth-order valence-electron chi connectivity index (χ4n) is 6.96. The van der Waals surface area contributed by atoms with E-state index < -0.39 is 50.3 Å². The van der Waals surface area contributed by atoms with Crippen LogP contribution < -0.4 is 18.6 Å². The first kappa shape index (κ1) is 59.3. The minimum absolute atomic E-state index is 0.0106. The monoisotopic (exact) mass is 1170 g/mol. The van der Waals surface area contributed by atoms with Crippen molar-refractivity contribution in [3.63, 3.8) is 0 Å². The molecule has 0 aliphatic rings. The molecule has 394 valence electrons. The van der Waals surface area contributed by atoms with Gasteiger partial charge in [0.05, 0.1) is 32.4 Å². The molecule has 0 spiro atoms. The number of carbonyl (C=O) groups is 1. The molecule has 13 nitrogen and oxygen atoms in total. The summed E-state index contributed by atoms with van der Waals surface area (Å²) in [5.74, 6) is 0.412. The molecule has 0 N–H and O–H groups in total. The summed E-state index contributed by atoms with van der Waals surface area (Å²) >= 11 is 19.5. The summed E-state index contributed by atoms with van der Waals surface area (Å²) in [6, 6.07) is 15.3. The Morgan fingerprint density at radius 3 is 2.18 bits per heavy atom. The predicted molar refractivity (Wildman–Crippen MR) is 298 cm³/mol. The summed E-state index contributed by atoms with van der Waals surface area (Å²) in [6.07, 6.45) is 0.766. The van der Waals surface area contributed by atoms with E-state index in [4.69, 9.17) is 60.2 Å². The van der Waals surface area contributed by atoms with Crippen LogP contribution >= 0.6 is 50.5 Å². The lowest BCUT2D eigenvalue weighted by Gasteiger charge is -2.36. The van der Waals surface area contributed by atoms with Gasteiger partial charge in [0, 0.05) is 32.2 Å². The van der Waals surface area contributed by atoms with Crippen molar-refractivity contribution < 1.29 is 50.2 Å². The molecule has 0 bridgehead atoms. The van der Waals surface area contributed by atoms with E-state index in [2.05, 4.69) is 86.0 Å². The highest BCUT2D eigenvalue weighted by Gasteiger charge is 2.39. The van der Waals surface area contributed by atoms with Gasteiger partial charge in [-0.3, -0.25) is 4.18 Å². The fourth-order valence-corrected chi connectivity index (χ4v) is 12.0. The van der Waals surface area contributed by atoms with Crippen molar-refractivity contribution in [2.45, 2.75) is 129 Å². The molecule has 2 heterocycles. The number of nitrogens with zero attached hydrogens (tertiary/aromatic N) is 2. The molecule has 0 saturated carbocycles. The minimum Gasteiger partial charge on any atom is -0.543 e. The summed E-state index contributed by atoms with van der Waals surface area (Å²) in [6.45, 7) is 30.8. The van der Waals surface area contributed by atoms with Crippen molar-refractivity contribution in [2.24, 2.45) is 0 Å². The number of aromatic nitrogens is 2. The van der Waals surface area contributed by atoms with Crippen LogP contribution in [0.4, 0.5) is 0 Å². The van der Waals surface area contributed by atoms with Crippen LogP contribution in [0.3, 0.4) is 0 Å². The first-order chi connectivity index (χ1) is 33.5. The molecule has 20 heteroatoms. The Morgan fingerprint density at radius 2 is 1.57 bits per heavy atom. The van der Waals surface area contributed by atoms with Gasteiger partial charge in [-0.1, -0.05) is 100 Å². The minimum atomic E-state index is -4.02. The van der Waals surface area contributed by atoms with Crippen LogP contribution in [0.15, 0.2) is 71.3 Å². The molecule has 2 aromatic heterocycles. The predicted octanol–water partition coefficient (Wildman–Crippen LogP) is 13.9. The van der Waals surface area contributed by atoms with Gasteiger partial charge in [0.2, 0.25) is 20.3 Å². The summed E-state index contributed by atoms with van der Waals surface area (Å²) < 4.78 is 76.1. The van der Waals surface area contributed by atoms with Crippen molar-refractivity contribution in [2.75, 3.05) is 33.2 Å². The van der Waals surface area contributed by atoms with Gasteiger partial charge in [-0.05, 0) is 115 Å². The number of benzene rings is 3. The van der Waals surface area contributed by atoms with Gasteiger partial charge < -0.3 is 32.8 Å².